The van der Waals surface area contributed by atoms with Gasteiger partial charge < -0.3 is 10.1 Å². The van der Waals surface area contributed by atoms with E-state index in [9.17, 15) is 32.3 Å². The normalized spacial score (nSPS) is 21.4. The van der Waals surface area contributed by atoms with Crippen LogP contribution < -0.4 is 10.2 Å². The van der Waals surface area contributed by atoms with E-state index in [2.05, 4.69) is 5.32 Å². The number of hydrogen-bond donors (Lipinski definition) is 1. The topological polar surface area (TPSA) is 92.8 Å². The molecule has 0 aromatic heterocycles. The number of alkyl halides is 3. The Morgan fingerprint density at radius 2 is 1.81 bits per heavy atom. The Labute approximate surface area is 208 Å². The molecule has 0 radical (unpaired) electrons. The number of ether oxygens (including phenoxy) is 1. The van der Waals surface area contributed by atoms with Gasteiger partial charge in [0.1, 0.15) is 0 Å². The van der Waals surface area contributed by atoms with Crippen LogP contribution in [0.2, 0.25) is 5.02 Å². The highest BCUT2D eigenvalue weighted by atomic mass is 35.5. The number of carbonyl (C=O) groups excluding carboxylic acids is 4. The van der Waals surface area contributed by atoms with Crippen molar-refractivity contribution in [1.29, 1.82) is 0 Å². The van der Waals surface area contributed by atoms with Crippen molar-refractivity contribution in [3.63, 3.8) is 0 Å². The van der Waals surface area contributed by atoms with E-state index in [1.807, 2.05) is 19.1 Å². The lowest BCUT2D eigenvalue weighted by Gasteiger charge is -2.22. The number of allylic oxidation sites excluding steroid dienone is 2. The Balaban J connectivity index is 1.37. The summed E-state index contributed by atoms with van der Waals surface area (Å²) in [5.74, 6) is -3.24. The third-order valence-electron chi connectivity index (χ3n) is 6.14. The van der Waals surface area contributed by atoms with Gasteiger partial charge in [-0.1, -0.05) is 30.7 Å². The van der Waals surface area contributed by atoms with E-state index >= 15 is 0 Å². The second-order valence-electron chi connectivity index (χ2n) is 8.53. The van der Waals surface area contributed by atoms with Crippen molar-refractivity contribution >= 4 is 46.7 Å². The number of anilines is 2. The molecule has 7 nitrogen and oxygen atoms in total. The average Bonchev–Trinajstić information content (AvgIpc) is 3.09. The number of amides is 3. The highest BCUT2D eigenvalue weighted by molar-refractivity contribution is 6.33. The molecule has 3 amide bonds. The molecule has 4 rings (SSSR count). The number of rotatable bonds is 5. The van der Waals surface area contributed by atoms with Gasteiger partial charge in [0.25, 0.3) is 5.91 Å². The van der Waals surface area contributed by atoms with E-state index in [0.717, 1.165) is 17.0 Å². The first-order valence-electron chi connectivity index (χ1n) is 11.0. The van der Waals surface area contributed by atoms with E-state index in [-0.39, 0.29) is 34.0 Å². The molecule has 2 aromatic rings. The van der Waals surface area contributed by atoms with Crippen LogP contribution in [0.25, 0.3) is 0 Å². The second kappa shape index (κ2) is 9.77. The number of benzene rings is 2. The quantitative estimate of drug-likeness (QED) is 0.345. The summed E-state index contributed by atoms with van der Waals surface area (Å²) < 4.78 is 43.6. The zero-order chi connectivity index (χ0) is 26.2. The molecule has 1 fully saturated rings. The maximum atomic E-state index is 12.9. The van der Waals surface area contributed by atoms with Crippen LogP contribution in [0.3, 0.4) is 0 Å². The summed E-state index contributed by atoms with van der Waals surface area (Å²) in [6.07, 6.45) is -0.308. The summed E-state index contributed by atoms with van der Waals surface area (Å²) in [7, 11) is 0. The molecule has 188 valence electrons. The summed E-state index contributed by atoms with van der Waals surface area (Å²) in [5.41, 5.74) is -0.906. The van der Waals surface area contributed by atoms with Gasteiger partial charge in [-0.2, -0.15) is 13.2 Å². The van der Waals surface area contributed by atoms with Crippen molar-refractivity contribution in [2.75, 3.05) is 16.8 Å². The number of fused-ring (bicyclic) bond motifs is 1. The van der Waals surface area contributed by atoms with Crippen molar-refractivity contribution in [1.82, 2.24) is 0 Å². The molecule has 1 aliphatic heterocycles. The van der Waals surface area contributed by atoms with Gasteiger partial charge in [-0.3, -0.25) is 19.3 Å². The van der Waals surface area contributed by atoms with E-state index in [0.29, 0.717) is 18.2 Å². The Morgan fingerprint density at radius 3 is 2.44 bits per heavy atom. The molecule has 2 aliphatic rings. The standard InChI is InChI=1S/C25H20ClF3N2O5/c1-13-3-2-4-17-21(13)23(34)31(22(17)33)16-8-5-14(6-9-16)24(35)36-12-20(32)30-19-11-15(25(27,28)29)7-10-18(19)26/h2-3,5-11,13,17,21H,4,12H2,1H3,(H,30,32)/t13-,17-,21-/m1/s1. The first kappa shape index (κ1) is 25.4. The minimum atomic E-state index is -4.62. The molecular formula is C25H20ClF3N2O5. The Kier molecular flexibility index (Phi) is 6.90. The molecule has 1 saturated heterocycles. The van der Waals surface area contributed by atoms with E-state index in [1.54, 1.807) is 0 Å². The van der Waals surface area contributed by atoms with Crippen LogP contribution >= 0.6 is 11.6 Å². The molecule has 3 atom stereocenters. The van der Waals surface area contributed by atoms with Gasteiger partial charge in [0, 0.05) is 0 Å². The molecule has 0 bridgehead atoms. The summed E-state index contributed by atoms with van der Waals surface area (Å²) in [4.78, 5) is 51.2. The predicted molar refractivity (Wildman–Crippen MR) is 124 cm³/mol. The largest absolute Gasteiger partial charge is 0.452 e. The van der Waals surface area contributed by atoms with Gasteiger partial charge >= 0.3 is 12.1 Å². The third-order valence-corrected chi connectivity index (χ3v) is 6.47. The molecule has 1 heterocycles. The van der Waals surface area contributed by atoms with Crippen LogP contribution in [-0.2, 0) is 25.3 Å². The first-order valence-corrected chi connectivity index (χ1v) is 11.3. The van der Waals surface area contributed by atoms with Gasteiger partial charge in [-0.25, -0.2) is 4.79 Å². The monoisotopic (exact) mass is 520 g/mol. The van der Waals surface area contributed by atoms with Crippen molar-refractivity contribution in [2.24, 2.45) is 17.8 Å². The number of nitrogens with one attached hydrogen (secondary N) is 1. The fraction of sp³-hybridized carbons (Fsp3) is 0.280. The lowest BCUT2D eigenvalue weighted by molar-refractivity contribution is -0.137. The fourth-order valence-electron chi connectivity index (χ4n) is 4.35. The molecule has 11 heteroatoms. The number of esters is 1. The Bertz CT molecular complexity index is 1260. The summed E-state index contributed by atoms with van der Waals surface area (Å²) in [6.45, 7) is 1.11. The Hall–Kier alpha value is -3.66. The van der Waals surface area contributed by atoms with Gasteiger partial charge in [0.2, 0.25) is 11.8 Å². The molecule has 36 heavy (non-hydrogen) atoms. The van der Waals surface area contributed by atoms with Crippen molar-refractivity contribution in [2.45, 2.75) is 19.5 Å². The molecule has 1 aliphatic carbocycles. The highest BCUT2D eigenvalue weighted by Gasteiger charge is 2.50. The van der Waals surface area contributed by atoms with Crippen LogP contribution in [0.1, 0.15) is 29.3 Å². The fourth-order valence-corrected chi connectivity index (χ4v) is 4.51. The molecule has 2 aromatic carbocycles. The lowest BCUT2D eigenvalue weighted by atomic mass is 9.78. The van der Waals surface area contributed by atoms with E-state index < -0.39 is 42.1 Å². The number of halogens is 4. The molecule has 1 N–H and O–H groups in total. The first-order chi connectivity index (χ1) is 17.0. The van der Waals surface area contributed by atoms with Crippen LogP contribution in [0.15, 0.2) is 54.6 Å². The molecule has 0 saturated carbocycles. The van der Waals surface area contributed by atoms with Gasteiger partial charge in [0.05, 0.1) is 39.4 Å². The Morgan fingerprint density at radius 1 is 1.11 bits per heavy atom. The van der Waals surface area contributed by atoms with Crippen LogP contribution in [0.5, 0.6) is 0 Å². The number of nitrogens with zero attached hydrogens (tertiary/aromatic N) is 1. The van der Waals surface area contributed by atoms with Crippen molar-refractivity contribution in [3.8, 4) is 0 Å². The smallest absolute Gasteiger partial charge is 0.416 e. The zero-order valence-electron chi connectivity index (χ0n) is 18.8. The van der Waals surface area contributed by atoms with Gasteiger partial charge in [0.15, 0.2) is 6.61 Å². The summed E-state index contributed by atoms with van der Waals surface area (Å²) >= 11 is 5.84. The minimum Gasteiger partial charge on any atom is -0.452 e. The predicted octanol–water partition coefficient (Wildman–Crippen LogP) is 4.86. The van der Waals surface area contributed by atoms with E-state index in [4.69, 9.17) is 16.3 Å². The molecular weight excluding hydrogens is 501 g/mol. The molecule has 0 spiro atoms. The maximum absolute atomic E-state index is 12.9. The van der Waals surface area contributed by atoms with Crippen LogP contribution in [-0.4, -0.2) is 30.3 Å². The highest BCUT2D eigenvalue weighted by Crippen LogP contribution is 2.40. The SMILES string of the molecule is C[C@@H]1C=CC[C@H]2C(=O)N(c3ccc(C(=O)OCC(=O)Nc4cc(C(F)(F)F)ccc4Cl)cc3)C(=O)[C@H]12. The van der Waals surface area contributed by atoms with E-state index in [1.165, 1.54) is 24.3 Å². The molecule has 0 unspecified atom stereocenters. The van der Waals surface area contributed by atoms with Crippen LogP contribution in [0.4, 0.5) is 24.5 Å². The van der Waals surface area contributed by atoms with Crippen molar-refractivity contribution < 1.29 is 37.1 Å². The number of hydrogen-bond acceptors (Lipinski definition) is 5. The number of imide groups is 1. The zero-order valence-corrected chi connectivity index (χ0v) is 19.6. The third kappa shape index (κ3) is 4.99. The van der Waals surface area contributed by atoms with Crippen LogP contribution in [0, 0.1) is 17.8 Å². The van der Waals surface area contributed by atoms with Crippen molar-refractivity contribution in [3.05, 3.63) is 70.8 Å². The lowest BCUT2D eigenvalue weighted by Crippen LogP contribution is -2.31. The van der Waals surface area contributed by atoms with Gasteiger partial charge in [-0.05, 0) is 54.8 Å². The minimum absolute atomic E-state index is 0.0511. The summed E-state index contributed by atoms with van der Waals surface area (Å²) in [6, 6.07) is 8.02. The maximum Gasteiger partial charge on any atom is 0.416 e. The average molecular weight is 521 g/mol. The van der Waals surface area contributed by atoms with Gasteiger partial charge in [-0.15, -0.1) is 0 Å². The summed E-state index contributed by atoms with van der Waals surface area (Å²) in [5, 5.41) is 2.06. The number of carbonyl (C=O) groups is 4. The second-order valence-corrected chi connectivity index (χ2v) is 8.94.